The molecule has 7 nitrogen and oxygen atoms in total. The second-order valence-corrected chi connectivity index (χ2v) is 6.57. The molecule has 0 radical (unpaired) electrons. The predicted octanol–water partition coefficient (Wildman–Crippen LogP) is 2.67. The summed E-state index contributed by atoms with van der Waals surface area (Å²) in [7, 11) is 5.60. The van der Waals surface area contributed by atoms with Crippen molar-refractivity contribution in [3.8, 4) is 11.5 Å². The van der Waals surface area contributed by atoms with Crippen LogP contribution in [0.25, 0.3) is 0 Å². The second-order valence-electron chi connectivity index (χ2n) is 6.57. The number of carbonyl (C=O) groups excluding carboxylic acids is 2. The zero-order chi connectivity index (χ0) is 20.8. The van der Waals surface area contributed by atoms with E-state index >= 15 is 0 Å². The first-order valence-corrected chi connectivity index (χ1v) is 8.95. The SMILES string of the molecule is COC(=O)C1=C(C(=O)OC)[C@@]2(c3ccccc3OC)O[C@@H]1c1c(OC)cccc12. The molecule has 2 bridgehead atoms. The number of hydrogen-bond donors (Lipinski definition) is 0. The maximum Gasteiger partial charge on any atom is 0.338 e. The fraction of sp³-hybridized carbons (Fsp3) is 0.273. The van der Waals surface area contributed by atoms with E-state index < -0.39 is 23.6 Å². The summed E-state index contributed by atoms with van der Waals surface area (Å²) >= 11 is 0. The molecule has 2 aliphatic heterocycles. The van der Waals surface area contributed by atoms with Crippen LogP contribution in [0.5, 0.6) is 11.5 Å². The van der Waals surface area contributed by atoms with Crippen LogP contribution in [0.3, 0.4) is 0 Å². The maximum absolute atomic E-state index is 12.9. The fourth-order valence-electron chi connectivity index (χ4n) is 4.27. The Morgan fingerprint density at radius 1 is 0.828 bits per heavy atom. The smallest absolute Gasteiger partial charge is 0.338 e. The number of carbonyl (C=O) groups is 2. The summed E-state index contributed by atoms with van der Waals surface area (Å²) in [6, 6.07) is 12.6. The average Bonchev–Trinajstić information content (AvgIpc) is 3.30. The fourth-order valence-corrected chi connectivity index (χ4v) is 4.27. The lowest BCUT2D eigenvalue weighted by atomic mass is 9.73. The Morgan fingerprint density at radius 2 is 1.45 bits per heavy atom. The first-order chi connectivity index (χ1) is 14.0. The van der Waals surface area contributed by atoms with Crippen molar-refractivity contribution in [1.29, 1.82) is 0 Å². The molecule has 150 valence electrons. The average molecular weight is 396 g/mol. The molecule has 7 heteroatoms. The van der Waals surface area contributed by atoms with E-state index in [0.717, 1.165) is 0 Å². The van der Waals surface area contributed by atoms with Gasteiger partial charge in [0.1, 0.15) is 17.6 Å². The van der Waals surface area contributed by atoms with Crippen LogP contribution in [0.15, 0.2) is 53.6 Å². The number of benzene rings is 2. The first-order valence-electron chi connectivity index (χ1n) is 8.95. The van der Waals surface area contributed by atoms with Crippen LogP contribution < -0.4 is 9.47 Å². The highest BCUT2D eigenvalue weighted by atomic mass is 16.6. The highest BCUT2D eigenvalue weighted by Gasteiger charge is 2.63. The highest BCUT2D eigenvalue weighted by molar-refractivity contribution is 6.06. The Kier molecular flexibility index (Phi) is 4.55. The summed E-state index contributed by atoms with van der Waals surface area (Å²) < 4.78 is 27.5. The van der Waals surface area contributed by atoms with Gasteiger partial charge in [-0.3, -0.25) is 0 Å². The number of rotatable bonds is 5. The molecule has 0 saturated carbocycles. The third-order valence-corrected chi connectivity index (χ3v) is 5.39. The van der Waals surface area contributed by atoms with Gasteiger partial charge < -0.3 is 23.7 Å². The third-order valence-electron chi connectivity index (χ3n) is 5.39. The van der Waals surface area contributed by atoms with Crippen LogP contribution in [-0.4, -0.2) is 40.4 Å². The predicted molar refractivity (Wildman–Crippen MR) is 102 cm³/mol. The number of ether oxygens (including phenoxy) is 5. The summed E-state index contributed by atoms with van der Waals surface area (Å²) in [5.74, 6) is -0.278. The van der Waals surface area contributed by atoms with Crippen LogP contribution in [0.1, 0.15) is 22.8 Å². The normalized spacial score (nSPS) is 21.6. The number of hydrogen-bond acceptors (Lipinski definition) is 7. The van der Waals surface area contributed by atoms with Gasteiger partial charge in [0, 0.05) is 16.7 Å². The number of esters is 2. The summed E-state index contributed by atoms with van der Waals surface area (Å²) in [6.45, 7) is 0. The summed E-state index contributed by atoms with van der Waals surface area (Å²) in [6.07, 6.45) is -0.840. The van der Waals surface area contributed by atoms with Crippen molar-refractivity contribution >= 4 is 11.9 Å². The van der Waals surface area contributed by atoms with Gasteiger partial charge in [0.15, 0.2) is 5.60 Å². The maximum atomic E-state index is 12.9. The molecule has 2 aliphatic rings. The number of fused-ring (bicyclic) bond motifs is 5. The van der Waals surface area contributed by atoms with E-state index in [0.29, 0.717) is 28.2 Å². The quantitative estimate of drug-likeness (QED) is 0.719. The van der Waals surface area contributed by atoms with E-state index in [1.165, 1.54) is 21.3 Å². The van der Waals surface area contributed by atoms with Crippen LogP contribution in [0, 0.1) is 0 Å². The first kappa shape index (κ1) is 19.0. The van der Waals surface area contributed by atoms with E-state index in [-0.39, 0.29) is 11.1 Å². The minimum absolute atomic E-state index is 0.0853. The van der Waals surface area contributed by atoms with Crippen LogP contribution in [0.2, 0.25) is 0 Å². The standard InChI is InChI=1S/C22H20O7/c1-25-14-10-6-5-8-12(14)22-13-9-7-11-15(26-2)16(13)19(29-22)17(20(23)27-3)18(22)21(24)28-4/h5-11,19H,1-4H3/t19-,22+/m1/s1. The zero-order valence-electron chi connectivity index (χ0n) is 16.5. The topological polar surface area (TPSA) is 80.3 Å². The van der Waals surface area contributed by atoms with Crippen molar-refractivity contribution in [2.24, 2.45) is 0 Å². The molecule has 2 heterocycles. The molecule has 2 aromatic rings. The Hall–Kier alpha value is -3.32. The molecule has 0 amide bonds. The largest absolute Gasteiger partial charge is 0.496 e. The molecule has 0 unspecified atom stereocenters. The molecule has 0 aliphatic carbocycles. The lowest BCUT2D eigenvalue weighted by molar-refractivity contribution is -0.139. The minimum atomic E-state index is -1.39. The summed E-state index contributed by atoms with van der Waals surface area (Å²) in [5, 5.41) is 0. The van der Waals surface area contributed by atoms with Crippen LogP contribution in [-0.2, 0) is 29.4 Å². The van der Waals surface area contributed by atoms with Crippen molar-refractivity contribution in [3.63, 3.8) is 0 Å². The lowest BCUT2D eigenvalue weighted by Gasteiger charge is -2.31. The van der Waals surface area contributed by atoms with E-state index in [2.05, 4.69) is 0 Å². The van der Waals surface area contributed by atoms with Gasteiger partial charge in [-0.2, -0.15) is 0 Å². The zero-order valence-corrected chi connectivity index (χ0v) is 16.5. The van der Waals surface area contributed by atoms with Gasteiger partial charge in [-0.1, -0.05) is 30.3 Å². The molecule has 29 heavy (non-hydrogen) atoms. The van der Waals surface area contributed by atoms with Gasteiger partial charge >= 0.3 is 11.9 Å². The molecular formula is C22H20O7. The number of methoxy groups -OCH3 is 4. The van der Waals surface area contributed by atoms with Gasteiger partial charge in [-0.15, -0.1) is 0 Å². The van der Waals surface area contributed by atoms with Crippen molar-refractivity contribution in [2.45, 2.75) is 11.7 Å². The Bertz CT molecular complexity index is 1040. The van der Waals surface area contributed by atoms with Crippen LogP contribution in [0.4, 0.5) is 0 Å². The molecule has 2 aromatic carbocycles. The van der Waals surface area contributed by atoms with Crippen LogP contribution >= 0.6 is 0 Å². The van der Waals surface area contributed by atoms with E-state index in [1.807, 2.05) is 24.3 Å². The lowest BCUT2D eigenvalue weighted by Crippen LogP contribution is -2.34. The Balaban J connectivity index is 2.14. The molecule has 0 spiro atoms. The van der Waals surface area contributed by atoms with Crippen molar-refractivity contribution in [1.82, 2.24) is 0 Å². The summed E-state index contributed by atoms with van der Waals surface area (Å²) in [4.78, 5) is 25.7. The van der Waals surface area contributed by atoms with Crippen molar-refractivity contribution in [2.75, 3.05) is 28.4 Å². The van der Waals surface area contributed by atoms with Crippen molar-refractivity contribution < 1.29 is 33.3 Å². The highest BCUT2D eigenvalue weighted by Crippen LogP contribution is 2.64. The molecule has 4 rings (SSSR count). The Morgan fingerprint density at radius 3 is 2.10 bits per heavy atom. The van der Waals surface area contributed by atoms with E-state index in [1.54, 1.807) is 25.3 Å². The van der Waals surface area contributed by atoms with E-state index in [4.69, 9.17) is 23.7 Å². The molecular weight excluding hydrogens is 376 g/mol. The third kappa shape index (κ3) is 2.40. The molecule has 0 N–H and O–H groups in total. The monoisotopic (exact) mass is 396 g/mol. The van der Waals surface area contributed by atoms with Gasteiger partial charge in [0.2, 0.25) is 0 Å². The van der Waals surface area contributed by atoms with Gasteiger partial charge in [-0.25, -0.2) is 9.59 Å². The Labute approximate surface area is 167 Å². The minimum Gasteiger partial charge on any atom is -0.496 e. The van der Waals surface area contributed by atoms with Gasteiger partial charge in [-0.05, 0) is 12.1 Å². The van der Waals surface area contributed by atoms with Gasteiger partial charge in [0.25, 0.3) is 0 Å². The molecule has 0 fully saturated rings. The molecule has 0 aromatic heterocycles. The van der Waals surface area contributed by atoms with Gasteiger partial charge in [0.05, 0.1) is 39.6 Å². The van der Waals surface area contributed by atoms with E-state index in [9.17, 15) is 9.59 Å². The molecule has 0 saturated heterocycles. The summed E-state index contributed by atoms with van der Waals surface area (Å²) in [5.41, 5.74) is 0.745. The van der Waals surface area contributed by atoms with Crippen molar-refractivity contribution in [3.05, 3.63) is 70.3 Å². The number of para-hydroxylation sites is 1. The molecule has 2 atom stereocenters. The second kappa shape index (κ2) is 6.93.